The first-order valence-electron chi connectivity index (χ1n) is 8.01. The molecular formula is C18H20N2O4. The van der Waals surface area contributed by atoms with Crippen LogP contribution in [0.25, 0.3) is 11.0 Å². The van der Waals surface area contributed by atoms with E-state index in [-0.39, 0.29) is 5.75 Å². The number of phenols is 1. The largest absolute Gasteiger partial charge is 0.504 e. The van der Waals surface area contributed by atoms with E-state index in [1.54, 1.807) is 18.3 Å². The summed E-state index contributed by atoms with van der Waals surface area (Å²) in [6, 6.07) is 6.03. The average Bonchev–Trinajstić information content (AvgIpc) is 2.96. The van der Waals surface area contributed by atoms with E-state index in [9.17, 15) is 9.90 Å². The maximum absolute atomic E-state index is 11.3. The molecule has 0 aliphatic rings. The second kappa shape index (κ2) is 7.21. The van der Waals surface area contributed by atoms with Crippen LogP contribution in [0.5, 0.6) is 11.5 Å². The summed E-state index contributed by atoms with van der Waals surface area (Å²) in [4.78, 5) is 15.4. The van der Waals surface area contributed by atoms with Gasteiger partial charge in [-0.25, -0.2) is 9.78 Å². The molecule has 0 bridgehead atoms. The fourth-order valence-corrected chi connectivity index (χ4v) is 2.58. The fraction of sp³-hybridized carbons (Fsp3) is 0.333. The third-order valence-electron chi connectivity index (χ3n) is 3.93. The minimum atomic E-state index is -0.422. The van der Waals surface area contributed by atoms with E-state index in [2.05, 4.69) is 9.55 Å². The molecule has 0 aliphatic carbocycles. The van der Waals surface area contributed by atoms with Crippen molar-refractivity contribution in [2.75, 3.05) is 6.61 Å². The van der Waals surface area contributed by atoms with Crippen molar-refractivity contribution in [1.29, 1.82) is 0 Å². The van der Waals surface area contributed by atoms with Crippen LogP contribution in [0.4, 0.5) is 0 Å². The van der Waals surface area contributed by atoms with E-state index in [1.165, 1.54) is 12.1 Å². The number of ether oxygens (including phenoxy) is 1. The Morgan fingerprint density at radius 3 is 2.92 bits per heavy atom. The number of hydrogen-bond donors (Lipinski definition) is 1. The Bertz CT molecular complexity index is 882. The van der Waals surface area contributed by atoms with Crippen molar-refractivity contribution in [2.45, 2.75) is 32.7 Å². The predicted octanol–water partition coefficient (Wildman–Crippen LogP) is 3.25. The lowest BCUT2D eigenvalue weighted by molar-refractivity contribution is 0.288. The molecule has 126 valence electrons. The molecule has 0 saturated carbocycles. The summed E-state index contributed by atoms with van der Waals surface area (Å²) in [5, 5.41) is 10.6. The molecule has 3 rings (SSSR count). The number of fused-ring (bicyclic) bond motifs is 1. The molecule has 0 radical (unpaired) electrons. The highest BCUT2D eigenvalue weighted by Gasteiger charge is 2.07. The number of benzene rings is 1. The minimum Gasteiger partial charge on any atom is -0.504 e. The molecule has 0 aliphatic heterocycles. The SMILES string of the molecule is Cc1nccn1CCCCCOc1cc2oc(=O)ccc2cc1O. The predicted molar refractivity (Wildman–Crippen MR) is 90.5 cm³/mol. The first-order valence-corrected chi connectivity index (χ1v) is 8.01. The molecule has 2 aromatic heterocycles. The van der Waals surface area contributed by atoms with Gasteiger partial charge in [-0.2, -0.15) is 0 Å². The Hall–Kier alpha value is -2.76. The Labute approximate surface area is 139 Å². The van der Waals surface area contributed by atoms with Crippen LogP contribution in [0.3, 0.4) is 0 Å². The lowest BCUT2D eigenvalue weighted by Crippen LogP contribution is -2.02. The van der Waals surface area contributed by atoms with Gasteiger partial charge in [0.25, 0.3) is 0 Å². The molecule has 24 heavy (non-hydrogen) atoms. The second-order valence-corrected chi connectivity index (χ2v) is 5.69. The van der Waals surface area contributed by atoms with Gasteiger partial charge < -0.3 is 18.8 Å². The summed E-state index contributed by atoms with van der Waals surface area (Å²) < 4.78 is 12.8. The number of hydrogen-bond acceptors (Lipinski definition) is 5. The monoisotopic (exact) mass is 328 g/mol. The van der Waals surface area contributed by atoms with Crippen LogP contribution in [0.15, 0.2) is 45.9 Å². The fourth-order valence-electron chi connectivity index (χ4n) is 2.58. The zero-order valence-electron chi connectivity index (χ0n) is 13.6. The Balaban J connectivity index is 1.49. The standard InChI is InChI=1S/C18H20N2O4/c1-13-19-7-9-20(13)8-3-2-4-10-23-17-12-16-14(11-15(17)21)5-6-18(22)24-16/h5-7,9,11-12,21H,2-4,8,10H2,1H3. The smallest absolute Gasteiger partial charge is 0.336 e. The highest BCUT2D eigenvalue weighted by Crippen LogP contribution is 2.30. The van der Waals surface area contributed by atoms with Crippen molar-refractivity contribution < 1.29 is 14.3 Å². The number of aromatic hydroxyl groups is 1. The molecule has 3 aromatic rings. The normalized spacial score (nSPS) is 11.0. The molecule has 6 heteroatoms. The van der Waals surface area contributed by atoms with Crippen LogP contribution < -0.4 is 10.4 Å². The van der Waals surface area contributed by atoms with Crippen molar-refractivity contribution in [3.63, 3.8) is 0 Å². The number of imidazole rings is 1. The van der Waals surface area contributed by atoms with E-state index in [1.807, 2.05) is 13.1 Å². The third-order valence-corrected chi connectivity index (χ3v) is 3.93. The van der Waals surface area contributed by atoms with Crippen molar-refractivity contribution in [2.24, 2.45) is 0 Å². The lowest BCUT2D eigenvalue weighted by Gasteiger charge is -2.09. The molecule has 1 N–H and O–H groups in total. The van der Waals surface area contributed by atoms with Gasteiger partial charge in [0.15, 0.2) is 11.5 Å². The van der Waals surface area contributed by atoms with Crippen LogP contribution in [0.1, 0.15) is 25.1 Å². The van der Waals surface area contributed by atoms with Gasteiger partial charge in [0.1, 0.15) is 11.4 Å². The molecule has 0 spiro atoms. The summed E-state index contributed by atoms with van der Waals surface area (Å²) in [6.07, 6.45) is 6.72. The lowest BCUT2D eigenvalue weighted by atomic mass is 10.2. The summed E-state index contributed by atoms with van der Waals surface area (Å²) in [5.74, 6) is 1.40. The molecule has 0 unspecified atom stereocenters. The molecule has 0 atom stereocenters. The molecule has 1 aromatic carbocycles. The number of unbranched alkanes of at least 4 members (excludes halogenated alkanes) is 2. The van der Waals surface area contributed by atoms with Gasteiger partial charge in [-0.3, -0.25) is 0 Å². The topological polar surface area (TPSA) is 77.5 Å². The zero-order chi connectivity index (χ0) is 16.9. The molecule has 6 nitrogen and oxygen atoms in total. The molecular weight excluding hydrogens is 308 g/mol. The third kappa shape index (κ3) is 3.76. The van der Waals surface area contributed by atoms with E-state index in [0.29, 0.717) is 23.3 Å². The Kier molecular flexibility index (Phi) is 4.84. The maximum atomic E-state index is 11.3. The van der Waals surface area contributed by atoms with Crippen LogP contribution in [-0.2, 0) is 6.54 Å². The second-order valence-electron chi connectivity index (χ2n) is 5.69. The average molecular weight is 328 g/mol. The maximum Gasteiger partial charge on any atom is 0.336 e. The van der Waals surface area contributed by atoms with Gasteiger partial charge in [-0.15, -0.1) is 0 Å². The van der Waals surface area contributed by atoms with E-state index in [4.69, 9.17) is 9.15 Å². The van der Waals surface area contributed by atoms with Gasteiger partial charge in [0.05, 0.1) is 6.61 Å². The summed E-state index contributed by atoms with van der Waals surface area (Å²) >= 11 is 0. The van der Waals surface area contributed by atoms with Crippen LogP contribution in [0.2, 0.25) is 0 Å². The Morgan fingerprint density at radius 2 is 2.12 bits per heavy atom. The number of rotatable bonds is 7. The summed E-state index contributed by atoms with van der Waals surface area (Å²) in [5.41, 5.74) is -0.0141. The first kappa shape index (κ1) is 16.1. The van der Waals surface area contributed by atoms with E-state index in [0.717, 1.165) is 31.6 Å². The highest BCUT2D eigenvalue weighted by atomic mass is 16.5. The number of aromatic nitrogens is 2. The van der Waals surface area contributed by atoms with Gasteiger partial charge in [-0.05, 0) is 38.3 Å². The van der Waals surface area contributed by atoms with Crippen molar-refractivity contribution >= 4 is 11.0 Å². The number of aryl methyl sites for hydroxylation is 2. The molecule has 0 saturated heterocycles. The summed E-state index contributed by atoms with van der Waals surface area (Å²) in [7, 11) is 0. The molecule has 2 heterocycles. The van der Waals surface area contributed by atoms with E-state index >= 15 is 0 Å². The van der Waals surface area contributed by atoms with Crippen molar-refractivity contribution in [3.8, 4) is 11.5 Å². The highest BCUT2D eigenvalue weighted by molar-refractivity contribution is 5.80. The van der Waals surface area contributed by atoms with Crippen LogP contribution in [0, 0.1) is 6.92 Å². The van der Waals surface area contributed by atoms with Gasteiger partial charge in [-0.1, -0.05) is 0 Å². The molecule has 0 fully saturated rings. The van der Waals surface area contributed by atoms with Crippen molar-refractivity contribution in [1.82, 2.24) is 9.55 Å². The number of nitrogens with zero attached hydrogens (tertiary/aromatic N) is 2. The zero-order valence-corrected chi connectivity index (χ0v) is 13.6. The number of phenolic OH excluding ortho intramolecular Hbond substituents is 1. The quantitative estimate of drug-likeness (QED) is 0.532. The molecule has 0 amide bonds. The first-order chi connectivity index (χ1) is 11.6. The summed E-state index contributed by atoms with van der Waals surface area (Å²) in [6.45, 7) is 3.43. The van der Waals surface area contributed by atoms with Crippen LogP contribution >= 0.6 is 0 Å². The van der Waals surface area contributed by atoms with Gasteiger partial charge in [0, 0.05) is 36.5 Å². The van der Waals surface area contributed by atoms with Crippen molar-refractivity contribution in [3.05, 3.63) is 52.9 Å². The van der Waals surface area contributed by atoms with Gasteiger partial charge in [0.2, 0.25) is 0 Å². The minimum absolute atomic E-state index is 0.0467. The van der Waals surface area contributed by atoms with E-state index < -0.39 is 5.63 Å². The van der Waals surface area contributed by atoms with Crippen LogP contribution in [-0.4, -0.2) is 21.3 Å². The van der Waals surface area contributed by atoms with Gasteiger partial charge >= 0.3 is 5.63 Å². The Morgan fingerprint density at radius 1 is 1.25 bits per heavy atom.